The lowest BCUT2D eigenvalue weighted by Gasteiger charge is -2.34. The second kappa shape index (κ2) is 6.31. The lowest BCUT2D eigenvalue weighted by Crippen LogP contribution is -2.50. The van der Waals surface area contributed by atoms with Gasteiger partial charge < -0.3 is 11.1 Å². The number of hydrogen-bond donors (Lipinski definition) is 2. The highest BCUT2D eigenvalue weighted by molar-refractivity contribution is 7.09. The summed E-state index contributed by atoms with van der Waals surface area (Å²) in [7, 11) is 0. The Morgan fingerprint density at radius 1 is 1.67 bits per heavy atom. The molecule has 100 valence electrons. The SMILES string of the molecule is CC1CCN(CC(=O)NCc2cccs2)CC1N. The number of carbonyl (C=O) groups is 1. The van der Waals surface area contributed by atoms with Crippen molar-refractivity contribution in [2.45, 2.75) is 25.9 Å². The van der Waals surface area contributed by atoms with Crippen LogP contribution in [0.5, 0.6) is 0 Å². The van der Waals surface area contributed by atoms with Crippen LogP contribution in [-0.4, -0.2) is 36.5 Å². The molecule has 4 nitrogen and oxygen atoms in total. The molecule has 1 aliphatic rings. The third-order valence-electron chi connectivity index (χ3n) is 3.51. The zero-order valence-electron chi connectivity index (χ0n) is 10.8. The lowest BCUT2D eigenvalue weighted by atomic mass is 9.94. The van der Waals surface area contributed by atoms with E-state index in [0.29, 0.717) is 19.0 Å². The summed E-state index contributed by atoms with van der Waals surface area (Å²) >= 11 is 1.66. The summed E-state index contributed by atoms with van der Waals surface area (Å²) in [6, 6.07) is 4.23. The van der Waals surface area contributed by atoms with Gasteiger partial charge in [0.25, 0.3) is 0 Å². The van der Waals surface area contributed by atoms with Crippen LogP contribution >= 0.6 is 11.3 Å². The molecule has 1 fully saturated rings. The van der Waals surface area contributed by atoms with Crippen LogP contribution in [0.1, 0.15) is 18.2 Å². The average Bonchev–Trinajstić information content (AvgIpc) is 2.84. The Morgan fingerprint density at radius 2 is 2.50 bits per heavy atom. The van der Waals surface area contributed by atoms with E-state index in [1.54, 1.807) is 11.3 Å². The molecule has 0 saturated carbocycles. The highest BCUT2D eigenvalue weighted by atomic mass is 32.1. The van der Waals surface area contributed by atoms with E-state index in [2.05, 4.69) is 17.1 Å². The molecule has 0 aliphatic carbocycles. The number of hydrogen-bond acceptors (Lipinski definition) is 4. The van der Waals surface area contributed by atoms with E-state index in [9.17, 15) is 4.79 Å². The second-order valence-corrected chi connectivity index (χ2v) is 6.05. The van der Waals surface area contributed by atoms with E-state index in [1.807, 2.05) is 17.5 Å². The fourth-order valence-corrected chi connectivity index (χ4v) is 2.82. The van der Waals surface area contributed by atoms with E-state index in [4.69, 9.17) is 5.73 Å². The Kier molecular flexibility index (Phi) is 4.74. The van der Waals surface area contributed by atoms with E-state index >= 15 is 0 Å². The quantitative estimate of drug-likeness (QED) is 0.857. The number of likely N-dealkylation sites (tertiary alicyclic amines) is 1. The smallest absolute Gasteiger partial charge is 0.234 e. The van der Waals surface area contributed by atoms with Crippen LogP contribution in [-0.2, 0) is 11.3 Å². The van der Waals surface area contributed by atoms with Crippen molar-refractivity contribution in [1.82, 2.24) is 10.2 Å². The molecule has 2 unspecified atom stereocenters. The van der Waals surface area contributed by atoms with Crippen molar-refractivity contribution in [3.63, 3.8) is 0 Å². The summed E-state index contributed by atoms with van der Waals surface area (Å²) < 4.78 is 0. The van der Waals surface area contributed by atoms with E-state index in [-0.39, 0.29) is 11.9 Å². The number of carbonyl (C=O) groups excluding carboxylic acids is 1. The van der Waals surface area contributed by atoms with Crippen LogP contribution in [0.4, 0.5) is 0 Å². The van der Waals surface area contributed by atoms with Gasteiger partial charge in [0.1, 0.15) is 0 Å². The van der Waals surface area contributed by atoms with E-state index in [1.165, 1.54) is 4.88 Å². The first-order chi connectivity index (χ1) is 8.65. The minimum Gasteiger partial charge on any atom is -0.350 e. The predicted molar refractivity (Wildman–Crippen MR) is 74.4 cm³/mol. The topological polar surface area (TPSA) is 58.4 Å². The number of nitrogens with two attached hydrogens (primary N) is 1. The van der Waals surface area contributed by atoms with Gasteiger partial charge in [0.2, 0.25) is 5.91 Å². The number of piperidine rings is 1. The van der Waals surface area contributed by atoms with Crippen LogP contribution in [0.25, 0.3) is 0 Å². The number of nitrogens with zero attached hydrogens (tertiary/aromatic N) is 1. The fourth-order valence-electron chi connectivity index (χ4n) is 2.17. The van der Waals surface area contributed by atoms with Gasteiger partial charge in [0.15, 0.2) is 0 Å². The molecule has 0 bridgehead atoms. The van der Waals surface area contributed by atoms with Crippen molar-refractivity contribution < 1.29 is 4.79 Å². The molecule has 2 atom stereocenters. The van der Waals surface area contributed by atoms with Crippen molar-refractivity contribution in [3.8, 4) is 0 Å². The molecule has 3 N–H and O–H groups in total. The molecule has 1 saturated heterocycles. The maximum Gasteiger partial charge on any atom is 0.234 e. The summed E-state index contributed by atoms with van der Waals surface area (Å²) in [5.74, 6) is 0.653. The molecule has 0 aromatic carbocycles. The molecular formula is C13H21N3OS. The van der Waals surface area contributed by atoms with Crippen LogP contribution in [0.15, 0.2) is 17.5 Å². The van der Waals surface area contributed by atoms with Crippen molar-refractivity contribution in [2.75, 3.05) is 19.6 Å². The summed E-state index contributed by atoms with van der Waals surface area (Å²) in [6.45, 7) is 5.08. The summed E-state index contributed by atoms with van der Waals surface area (Å²) in [5.41, 5.74) is 6.02. The van der Waals surface area contributed by atoms with Gasteiger partial charge in [0, 0.05) is 17.5 Å². The van der Waals surface area contributed by atoms with Gasteiger partial charge in [-0.15, -0.1) is 11.3 Å². The Hall–Kier alpha value is -0.910. The third-order valence-corrected chi connectivity index (χ3v) is 4.38. The monoisotopic (exact) mass is 267 g/mol. The molecule has 2 heterocycles. The zero-order valence-corrected chi connectivity index (χ0v) is 11.6. The maximum atomic E-state index is 11.8. The Balaban J connectivity index is 1.71. The Labute approximate surface area is 112 Å². The molecule has 0 radical (unpaired) electrons. The van der Waals surface area contributed by atoms with Gasteiger partial charge in [-0.05, 0) is 30.3 Å². The van der Waals surface area contributed by atoms with Gasteiger partial charge >= 0.3 is 0 Å². The van der Waals surface area contributed by atoms with Crippen molar-refractivity contribution in [1.29, 1.82) is 0 Å². The molecule has 1 aliphatic heterocycles. The van der Waals surface area contributed by atoms with E-state index < -0.39 is 0 Å². The molecular weight excluding hydrogens is 246 g/mol. The summed E-state index contributed by atoms with van der Waals surface area (Å²) in [6.07, 6.45) is 1.08. The van der Waals surface area contributed by atoms with Crippen molar-refractivity contribution in [3.05, 3.63) is 22.4 Å². The highest BCUT2D eigenvalue weighted by Gasteiger charge is 2.24. The van der Waals surface area contributed by atoms with Crippen molar-refractivity contribution >= 4 is 17.2 Å². The Morgan fingerprint density at radius 3 is 3.17 bits per heavy atom. The predicted octanol–water partition coefficient (Wildman–Crippen LogP) is 1.03. The van der Waals surface area contributed by atoms with Crippen LogP contribution in [0.2, 0.25) is 0 Å². The van der Waals surface area contributed by atoms with Crippen LogP contribution in [0.3, 0.4) is 0 Å². The lowest BCUT2D eigenvalue weighted by molar-refractivity contribution is -0.122. The summed E-state index contributed by atoms with van der Waals surface area (Å²) in [4.78, 5) is 15.1. The standard InChI is InChI=1S/C13H21N3OS/c1-10-4-5-16(8-12(10)14)9-13(17)15-7-11-3-2-6-18-11/h2-3,6,10,12H,4-5,7-9,14H2,1H3,(H,15,17). The minimum atomic E-state index is 0.0881. The molecule has 1 aromatic heterocycles. The number of thiophene rings is 1. The third kappa shape index (κ3) is 3.80. The molecule has 0 spiro atoms. The molecule has 1 amide bonds. The Bertz CT molecular complexity index is 380. The molecule has 5 heteroatoms. The summed E-state index contributed by atoms with van der Waals surface area (Å²) in [5, 5.41) is 4.97. The molecule has 2 rings (SSSR count). The van der Waals surface area contributed by atoms with Gasteiger partial charge in [0.05, 0.1) is 13.1 Å². The first kappa shape index (κ1) is 13.5. The fraction of sp³-hybridized carbons (Fsp3) is 0.615. The van der Waals surface area contributed by atoms with Gasteiger partial charge in [-0.25, -0.2) is 0 Å². The maximum absolute atomic E-state index is 11.8. The normalized spacial score (nSPS) is 25.0. The number of amides is 1. The van der Waals surface area contributed by atoms with Crippen LogP contribution in [0, 0.1) is 5.92 Å². The van der Waals surface area contributed by atoms with Gasteiger partial charge in [-0.3, -0.25) is 9.69 Å². The first-order valence-electron chi connectivity index (χ1n) is 6.42. The minimum absolute atomic E-state index is 0.0881. The van der Waals surface area contributed by atoms with E-state index in [0.717, 1.165) is 19.5 Å². The highest BCUT2D eigenvalue weighted by Crippen LogP contribution is 2.14. The number of rotatable bonds is 4. The largest absolute Gasteiger partial charge is 0.350 e. The van der Waals surface area contributed by atoms with Crippen LogP contribution < -0.4 is 11.1 Å². The molecule has 1 aromatic rings. The average molecular weight is 267 g/mol. The molecule has 18 heavy (non-hydrogen) atoms. The van der Waals surface area contributed by atoms with Gasteiger partial charge in [-0.1, -0.05) is 13.0 Å². The van der Waals surface area contributed by atoms with Crippen molar-refractivity contribution in [2.24, 2.45) is 11.7 Å². The van der Waals surface area contributed by atoms with Gasteiger partial charge in [-0.2, -0.15) is 0 Å². The zero-order chi connectivity index (χ0) is 13.0. The second-order valence-electron chi connectivity index (χ2n) is 5.02. The first-order valence-corrected chi connectivity index (χ1v) is 7.30. The number of nitrogens with one attached hydrogen (secondary N) is 1.